The third kappa shape index (κ3) is 4.12. The molecule has 0 atom stereocenters. The number of rotatable bonds is 6. The van der Waals surface area contributed by atoms with Gasteiger partial charge in [0.2, 0.25) is 5.28 Å². The molecule has 0 saturated carbocycles. The second-order valence-corrected chi connectivity index (χ2v) is 4.03. The van der Waals surface area contributed by atoms with Gasteiger partial charge in [0.05, 0.1) is 6.20 Å². The highest BCUT2D eigenvalue weighted by atomic mass is 35.5. The van der Waals surface area contributed by atoms with Crippen molar-refractivity contribution in [1.82, 2.24) is 14.9 Å². The van der Waals surface area contributed by atoms with Crippen molar-refractivity contribution in [3.05, 3.63) is 16.5 Å². The second kappa shape index (κ2) is 6.89. The molecule has 0 bridgehead atoms. The molecule has 0 unspecified atom stereocenters. The van der Waals surface area contributed by atoms with Crippen LogP contribution in [-0.4, -0.2) is 41.0 Å². The lowest BCUT2D eigenvalue weighted by atomic mass is 10.4. The van der Waals surface area contributed by atoms with Crippen molar-refractivity contribution in [2.75, 3.05) is 31.5 Å². The predicted octanol–water partition coefficient (Wildman–Crippen LogP) is 2.54. The summed E-state index contributed by atoms with van der Waals surface area (Å²) in [7, 11) is 0. The van der Waals surface area contributed by atoms with Crippen molar-refractivity contribution in [2.45, 2.75) is 13.8 Å². The predicted molar refractivity (Wildman–Crippen MR) is 68.3 cm³/mol. The fourth-order valence-corrected chi connectivity index (χ4v) is 1.63. The molecule has 1 heterocycles. The van der Waals surface area contributed by atoms with Crippen molar-refractivity contribution in [3.63, 3.8) is 0 Å². The lowest BCUT2D eigenvalue weighted by Crippen LogP contribution is -2.28. The molecule has 1 aromatic heterocycles. The highest BCUT2D eigenvalue weighted by Gasteiger charge is 2.04. The van der Waals surface area contributed by atoms with Crippen molar-refractivity contribution in [2.24, 2.45) is 0 Å². The van der Waals surface area contributed by atoms with Gasteiger partial charge in [-0.25, -0.2) is 4.98 Å². The molecular formula is C10H16Cl2N4. The Morgan fingerprint density at radius 2 is 2.00 bits per heavy atom. The minimum Gasteiger partial charge on any atom is -0.367 e. The fourth-order valence-electron chi connectivity index (χ4n) is 1.34. The van der Waals surface area contributed by atoms with Gasteiger partial charge < -0.3 is 10.2 Å². The molecule has 0 aliphatic rings. The van der Waals surface area contributed by atoms with E-state index in [0.717, 1.165) is 26.2 Å². The average Bonchev–Trinajstić information content (AvgIpc) is 2.29. The molecule has 0 amide bonds. The van der Waals surface area contributed by atoms with Gasteiger partial charge in [-0.15, -0.1) is 0 Å². The third-order valence-corrected chi connectivity index (χ3v) is 2.79. The Labute approximate surface area is 106 Å². The minimum atomic E-state index is 0.203. The number of aromatic nitrogens is 2. The van der Waals surface area contributed by atoms with Gasteiger partial charge in [0, 0.05) is 13.1 Å². The van der Waals surface area contributed by atoms with E-state index < -0.39 is 0 Å². The highest BCUT2D eigenvalue weighted by Crippen LogP contribution is 2.18. The van der Waals surface area contributed by atoms with E-state index in [2.05, 4.69) is 34.0 Å². The maximum absolute atomic E-state index is 5.92. The zero-order chi connectivity index (χ0) is 12.0. The summed E-state index contributed by atoms with van der Waals surface area (Å²) in [5.74, 6) is 0.592. The van der Waals surface area contributed by atoms with E-state index in [1.165, 1.54) is 6.20 Å². The van der Waals surface area contributed by atoms with E-state index >= 15 is 0 Å². The van der Waals surface area contributed by atoms with Crippen LogP contribution in [0.15, 0.2) is 6.20 Å². The largest absolute Gasteiger partial charge is 0.367 e. The van der Waals surface area contributed by atoms with Crippen molar-refractivity contribution >= 4 is 29.0 Å². The number of halogens is 2. The standard InChI is InChI=1S/C10H16Cl2N4/c1-3-16(4-2)6-5-13-9-8(11)7-14-10(12)15-9/h7H,3-6H2,1-2H3,(H,13,14,15). The quantitative estimate of drug-likeness (QED) is 0.801. The summed E-state index contributed by atoms with van der Waals surface area (Å²) in [6.07, 6.45) is 1.50. The van der Waals surface area contributed by atoms with E-state index in [4.69, 9.17) is 23.2 Å². The van der Waals surface area contributed by atoms with Gasteiger partial charge in [0.25, 0.3) is 0 Å². The molecule has 0 aliphatic carbocycles. The van der Waals surface area contributed by atoms with Gasteiger partial charge in [0.1, 0.15) is 10.8 Å². The maximum atomic E-state index is 5.92. The summed E-state index contributed by atoms with van der Waals surface area (Å²) in [5, 5.41) is 3.84. The van der Waals surface area contributed by atoms with Gasteiger partial charge in [-0.2, -0.15) is 4.98 Å². The number of nitrogens with one attached hydrogen (secondary N) is 1. The van der Waals surface area contributed by atoms with Crippen LogP contribution in [0.1, 0.15) is 13.8 Å². The SMILES string of the molecule is CCN(CC)CCNc1nc(Cl)ncc1Cl. The molecule has 6 heteroatoms. The van der Waals surface area contributed by atoms with Gasteiger partial charge >= 0.3 is 0 Å². The number of likely N-dealkylation sites (N-methyl/N-ethyl adjacent to an activating group) is 1. The number of nitrogens with zero attached hydrogens (tertiary/aromatic N) is 3. The average molecular weight is 263 g/mol. The topological polar surface area (TPSA) is 41.0 Å². The molecule has 90 valence electrons. The molecule has 0 spiro atoms. The van der Waals surface area contributed by atoms with E-state index in [1.807, 2.05) is 0 Å². The van der Waals surface area contributed by atoms with Crippen LogP contribution < -0.4 is 5.32 Å². The highest BCUT2D eigenvalue weighted by molar-refractivity contribution is 6.33. The Bertz CT molecular complexity index is 329. The van der Waals surface area contributed by atoms with Crippen molar-refractivity contribution in [1.29, 1.82) is 0 Å². The van der Waals surface area contributed by atoms with Crippen LogP contribution in [0.25, 0.3) is 0 Å². The first-order valence-corrected chi connectivity index (χ1v) is 6.07. The van der Waals surface area contributed by atoms with Crippen molar-refractivity contribution < 1.29 is 0 Å². The zero-order valence-corrected chi connectivity index (χ0v) is 11.0. The molecule has 0 aliphatic heterocycles. The normalized spacial score (nSPS) is 10.8. The van der Waals surface area contributed by atoms with Gasteiger partial charge in [-0.3, -0.25) is 0 Å². The van der Waals surface area contributed by atoms with Crippen LogP contribution in [-0.2, 0) is 0 Å². The summed E-state index contributed by atoms with van der Waals surface area (Å²) in [4.78, 5) is 10.1. The lowest BCUT2D eigenvalue weighted by Gasteiger charge is -2.18. The van der Waals surface area contributed by atoms with E-state index in [1.54, 1.807) is 0 Å². The smallest absolute Gasteiger partial charge is 0.224 e. The molecule has 1 N–H and O–H groups in total. The first-order chi connectivity index (χ1) is 7.67. The molecule has 0 aromatic carbocycles. The Hall–Kier alpha value is -0.580. The zero-order valence-electron chi connectivity index (χ0n) is 9.50. The molecule has 0 fully saturated rings. The summed E-state index contributed by atoms with van der Waals surface area (Å²) in [6, 6.07) is 0. The van der Waals surface area contributed by atoms with Crippen LogP contribution in [0.3, 0.4) is 0 Å². The Kier molecular flexibility index (Phi) is 5.80. The third-order valence-electron chi connectivity index (χ3n) is 2.33. The molecule has 0 saturated heterocycles. The molecular weight excluding hydrogens is 247 g/mol. The monoisotopic (exact) mass is 262 g/mol. The van der Waals surface area contributed by atoms with Gasteiger partial charge in [-0.05, 0) is 24.7 Å². The number of hydrogen-bond donors (Lipinski definition) is 1. The summed E-state index contributed by atoms with van der Waals surface area (Å²) < 4.78 is 0. The van der Waals surface area contributed by atoms with Gasteiger partial charge in [0.15, 0.2) is 0 Å². The number of hydrogen-bond acceptors (Lipinski definition) is 4. The minimum absolute atomic E-state index is 0.203. The van der Waals surface area contributed by atoms with Crippen LogP contribution in [0.5, 0.6) is 0 Å². The van der Waals surface area contributed by atoms with Crippen LogP contribution in [0.2, 0.25) is 10.3 Å². The first kappa shape index (κ1) is 13.5. The van der Waals surface area contributed by atoms with E-state index in [-0.39, 0.29) is 5.28 Å². The molecule has 16 heavy (non-hydrogen) atoms. The van der Waals surface area contributed by atoms with E-state index in [0.29, 0.717) is 10.8 Å². The molecule has 4 nitrogen and oxygen atoms in total. The molecule has 0 radical (unpaired) electrons. The Balaban J connectivity index is 2.45. The van der Waals surface area contributed by atoms with E-state index in [9.17, 15) is 0 Å². The van der Waals surface area contributed by atoms with Crippen LogP contribution in [0, 0.1) is 0 Å². The Morgan fingerprint density at radius 1 is 1.31 bits per heavy atom. The summed E-state index contributed by atoms with van der Waals surface area (Å²) in [6.45, 7) is 8.09. The Morgan fingerprint density at radius 3 is 2.62 bits per heavy atom. The maximum Gasteiger partial charge on any atom is 0.224 e. The number of anilines is 1. The van der Waals surface area contributed by atoms with Gasteiger partial charge in [-0.1, -0.05) is 25.4 Å². The lowest BCUT2D eigenvalue weighted by molar-refractivity contribution is 0.316. The van der Waals surface area contributed by atoms with Crippen molar-refractivity contribution in [3.8, 4) is 0 Å². The molecule has 1 rings (SSSR count). The summed E-state index contributed by atoms with van der Waals surface area (Å²) in [5.41, 5.74) is 0. The fraction of sp³-hybridized carbons (Fsp3) is 0.600. The molecule has 1 aromatic rings. The first-order valence-electron chi connectivity index (χ1n) is 5.31. The van der Waals surface area contributed by atoms with Crippen LogP contribution in [0.4, 0.5) is 5.82 Å². The van der Waals surface area contributed by atoms with Crippen LogP contribution >= 0.6 is 23.2 Å². The summed E-state index contributed by atoms with van der Waals surface area (Å²) >= 11 is 11.6. The second-order valence-electron chi connectivity index (χ2n) is 3.29.